The Morgan fingerprint density at radius 3 is 1.04 bits per heavy atom. The van der Waals surface area contributed by atoms with Gasteiger partial charge in [-0.1, -0.05) is 255 Å². The first kappa shape index (κ1) is 61.8. The molecule has 0 spiro atoms. The third kappa shape index (κ3) is 10.2. The fourth-order valence-electron chi connectivity index (χ4n) is 17.1. The molecule has 0 saturated carbocycles. The van der Waals surface area contributed by atoms with Gasteiger partial charge in [-0.25, -0.2) is 4.98 Å². The highest BCUT2D eigenvalue weighted by atomic mass is 32.1. The molecule has 0 aliphatic carbocycles. The van der Waals surface area contributed by atoms with Gasteiger partial charge >= 0.3 is 0 Å². The van der Waals surface area contributed by atoms with Crippen LogP contribution >= 0.6 is 22.7 Å². The number of hydrogen-bond donors (Lipinski definition) is 0. The lowest BCUT2D eigenvalue weighted by molar-refractivity contribution is 1.19. The monoisotopic (exact) mass is 1410 g/mol. The van der Waals surface area contributed by atoms with Gasteiger partial charge in [0, 0.05) is 54.5 Å². The number of fused-ring (bicyclic) bond motifs is 18. The average molecular weight is 1410 g/mol. The second kappa shape index (κ2) is 25.0. The minimum atomic E-state index is 0.861. The van der Waals surface area contributed by atoms with E-state index in [9.17, 15) is 0 Å². The second-order valence-electron chi connectivity index (χ2n) is 28.3. The molecule has 0 aliphatic rings. The fourth-order valence-corrected chi connectivity index (χ4v) is 19.3. The van der Waals surface area contributed by atoms with Crippen LogP contribution < -0.4 is 9.80 Å². The smallest absolute Gasteiger partial charge is 0.138 e. The molecule has 18 aromatic carbocycles. The van der Waals surface area contributed by atoms with E-state index in [-0.39, 0.29) is 0 Å². The van der Waals surface area contributed by atoms with Crippen molar-refractivity contribution in [1.29, 1.82) is 0 Å². The molecule has 0 aliphatic heterocycles. The second-order valence-corrected chi connectivity index (χ2v) is 30.5. The predicted octanol–water partition coefficient (Wildman–Crippen LogP) is 29.7. The Balaban J connectivity index is 0.627. The molecule has 0 bridgehead atoms. The Labute approximate surface area is 630 Å². The number of pyridine rings is 2. The average Bonchev–Trinajstić information content (AvgIpc) is 0.785. The summed E-state index contributed by atoms with van der Waals surface area (Å²) in [6, 6.07) is 135. The van der Waals surface area contributed by atoms with Crippen LogP contribution in [-0.2, 0) is 0 Å². The van der Waals surface area contributed by atoms with Gasteiger partial charge in [0.05, 0.1) is 26.8 Å². The Kier molecular flexibility index (Phi) is 14.3. The summed E-state index contributed by atoms with van der Waals surface area (Å²) >= 11 is 3.59. The van der Waals surface area contributed by atoms with Crippen molar-refractivity contribution in [2.75, 3.05) is 9.80 Å². The summed E-state index contributed by atoms with van der Waals surface area (Å²) in [5.74, 6) is 0.861. The minimum absolute atomic E-state index is 0.861. The van der Waals surface area contributed by atoms with Crippen molar-refractivity contribution >= 4 is 184 Å². The molecule has 108 heavy (non-hydrogen) atoms. The predicted molar refractivity (Wildman–Crippen MR) is 464 cm³/mol. The standard InChI is InChI=1S/C102H62N4S2/c1-4-20-78-69(17-1)55-91(85-26-10-7-23-82(78)85)63-33-43-73(44-34-63)105(77-59-99-102(104-61-77)90-30-14-16-32-98(90)107-99)74-45-35-65(36-46-74)93-58-72-53-67(41-51-81(72)84-25-9-12-28-87(84)93)68-42-52-88-80-22-6-3-19-71(80)57-94(95(88)54-68)66-39-49-76(50-40-66)106(101-60-96-89-29-13-15-31-97(89)108-100(96)62-103-101)75-47-37-64(38-48-75)92-56-70-18-2-5-21-79(70)83-24-8-11-27-86(83)92/h1-62H. The first-order valence-electron chi connectivity index (χ1n) is 36.8. The molecular weight excluding hydrogens is 1350 g/mol. The van der Waals surface area contributed by atoms with Crippen LogP contribution in [0.25, 0.3) is 182 Å². The van der Waals surface area contributed by atoms with E-state index < -0.39 is 0 Å². The largest absolute Gasteiger partial charge is 0.309 e. The Hall–Kier alpha value is -13.6. The van der Waals surface area contributed by atoms with E-state index in [1.165, 1.54) is 150 Å². The van der Waals surface area contributed by atoms with Gasteiger partial charge in [-0.05, 0) is 251 Å². The van der Waals surface area contributed by atoms with Gasteiger partial charge in [0.15, 0.2) is 0 Å². The van der Waals surface area contributed by atoms with Crippen molar-refractivity contribution in [3.63, 3.8) is 0 Å². The highest BCUT2D eigenvalue weighted by Gasteiger charge is 2.22. The van der Waals surface area contributed by atoms with Crippen LogP contribution in [0.5, 0.6) is 0 Å². The van der Waals surface area contributed by atoms with E-state index >= 15 is 0 Å². The maximum absolute atomic E-state index is 5.25. The van der Waals surface area contributed by atoms with Crippen LogP contribution in [0.15, 0.2) is 376 Å². The van der Waals surface area contributed by atoms with Crippen molar-refractivity contribution in [3.05, 3.63) is 376 Å². The van der Waals surface area contributed by atoms with E-state index in [0.29, 0.717) is 0 Å². The number of aromatic nitrogens is 2. The number of thiophene rings is 2. The molecule has 0 radical (unpaired) electrons. The minimum Gasteiger partial charge on any atom is -0.309 e. The maximum Gasteiger partial charge on any atom is 0.138 e. The van der Waals surface area contributed by atoms with Crippen LogP contribution in [0.2, 0.25) is 0 Å². The number of rotatable bonds is 11. The van der Waals surface area contributed by atoms with Gasteiger partial charge in [0.2, 0.25) is 0 Å². The third-order valence-electron chi connectivity index (χ3n) is 22.3. The van der Waals surface area contributed by atoms with E-state index in [4.69, 9.17) is 9.97 Å². The topological polar surface area (TPSA) is 32.3 Å². The number of hydrogen-bond acceptors (Lipinski definition) is 6. The fraction of sp³-hybridized carbons (Fsp3) is 0. The Bertz CT molecular complexity index is 7420. The molecule has 4 heterocycles. The molecule has 0 fully saturated rings. The summed E-state index contributed by atoms with van der Waals surface area (Å²) in [6.45, 7) is 0. The first-order valence-corrected chi connectivity index (χ1v) is 38.4. The van der Waals surface area contributed by atoms with Crippen LogP contribution in [0.4, 0.5) is 34.3 Å². The van der Waals surface area contributed by atoms with Gasteiger partial charge in [-0.2, -0.15) is 0 Å². The summed E-state index contributed by atoms with van der Waals surface area (Å²) in [6.07, 6.45) is 4.09. The van der Waals surface area contributed by atoms with Crippen LogP contribution in [-0.4, -0.2) is 9.97 Å². The Morgan fingerprint density at radius 2 is 0.537 bits per heavy atom. The van der Waals surface area contributed by atoms with Crippen molar-refractivity contribution in [2.24, 2.45) is 0 Å². The highest BCUT2D eigenvalue weighted by Crippen LogP contribution is 2.48. The van der Waals surface area contributed by atoms with Crippen molar-refractivity contribution in [2.45, 2.75) is 0 Å². The molecule has 0 atom stereocenters. The third-order valence-corrected chi connectivity index (χ3v) is 24.5. The molecule has 0 unspecified atom stereocenters. The molecule has 6 heteroatoms. The molecule has 22 rings (SSSR count). The molecule has 22 aromatic rings. The summed E-state index contributed by atoms with van der Waals surface area (Å²) < 4.78 is 4.82. The van der Waals surface area contributed by atoms with E-state index in [1.54, 1.807) is 22.7 Å². The zero-order chi connectivity index (χ0) is 70.9. The quantitative estimate of drug-likeness (QED) is 0.121. The molecule has 0 amide bonds. The van der Waals surface area contributed by atoms with Crippen molar-refractivity contribution in [3.8, 4) is 55.6 Å². The van der Waals surface area contributed by atoms with Gasteiger partial charge < -0.3 is 4.90 Å². The summed E-state index contributed by atoms with van der Waals surface area (Å²) in [5, 5.41) is 23.3. The van der Waals surface area contributed by atoms with Gasteiger partial charge in [0.1, 0.15) is 5.82 Å². The lowest BCUT2D eigenvalue weighted by Gasteiger charge is -2.26. The van der Waals surface area contributed by atoms with Crippen LogP contribution in [0.3, 0.4) is 0 Å². The highest BCUT2D eigenvalue weighted by molar-refractivity contribution is 7.26. The van der Waals surface area contributed by atoms with Crippen LogP contribution in [0.1, 0.15) is 0 Å². The number of anilines is 6. The molecule has 0 saturated heterocycles. The Morgan fingerprint density at radius 1 is 0.185 bits per heavy atom. The molecular formula is C102H62N4S2. The number of nitrogens with zero attached hydrogens (tertiary/aromatic N) is 4. The summed E-state index contributed by atoms with van der Waals surface area (Å²) in [5.41, 5.74) is 17.9. The zero-order valence-electron chi connectivity index (χ0n) is 58.4. The van der Waals surface area contributed by atoms with Crippen LogP contribution in [0, 0.1) is 0 Å². The maximum atomic E-state index is 5.25. The summed E-state index contributed by atoms with van der Waals surface area (Å²) in [4.78, 5) is 15.1. The summed E-state index contributed by atoms with van der Waals surface area (Å²) in [7, 11) is 0. The zero-order valence-corrected chi connectivity index (χ0v) is 60.0. The molecule has 502 valence electrons. The lowest BCUT2D eigenvalue weighted by atomic mass is 9.89. The van der Waals surface area contributed by atoms with E-state index in [1.807, 2.05) is 6.20 Å². The lowest BCUT2D eigenvalue weighted by Crippen LogP contribution is -2.11. The van der Waals surface area contributed by atoms with E-state index in [2.05, 4.69) is 380 Å². The van der Waals surface area contributed by atoms with Crippen molar-refractivity contribution < 1.29 is 0 Å². The van der Waals surface area contributed by atoms with Gasteiger partial charge in [-0.3, -0.25) is 9.88 Å². The van der Waals surface area contributed by atoms with Gasteiger partial charge in [-0.15, -0.1) is 22.7 Å². The molecule has 4 nitrogen and oxygen atoms in total. The molecule has 0 N–H and O–H groups in total. The number of benzene rings is 18. The van der Waals surface area contributed by atoms with Gasteiger partial charge in [0.25, 0.3) is 0 Å². The SMILES string of the molecule is c1ccc2c(c1)cc(-c1ccc(N(c3ccc(-c4cc5cc(-c6ccc7c(c6)c(-c6ccc(N(c8ccc(-c9cc%10ccccc%10c%10ccccc9%10)cc8)c8cc9c(cn8)sc8ccccc89)cc6)cc6ccccc67)ccc5c5ccccc45)cc3)c3cnc4c(c3)sc3ccccc34)cc1)c1ccccc12. The molecule has 4 aromatic heterocycles. The van der Waals surface area contributed by atoms with E-state index in [0.717, 1.165) is 66.7 Å². The first-order chi connectivity index (χ1) is 53.5. The van der Waals surface area contributed by atoms with Crippen molar-refractivity contribution in [1.82, 2.24) is 9.97 Å². The normalized spacial score (nSPS) is 11.9.